The second kappa shape index (κ2) is 7.05. The molecule has 0 saturated carbocycles. The number of urea groups is 1. The lowest BCUT2D eigenvalue weighted by atomic mass is 10.0. The summed E-state index contributed by atoms with van der Waals surface area (Å²) in [6.45, 7) is 4.05. The Kier molecular flexibility index (Phi) is 4.87. The van der Waals surface area contributed by atoms with E-state index in [1.807, 2.05) is 4.90 Å². The highest BCUT2D eigenvalue weighted by Crippen LogP contribution is 2.21. The fraction of sp³-hybridized carbons (Fsp3) is 0.625. The van der Waals surface area contributed by atoms with Gasteiger partial charge in [0.1, 0.15) is 0 Å². The molecule has 1 N–H and O–H groups in total. The smallest absolute Gasteiger partial charge is 0.320 e. The van der Waals surface area contributed by atoms with Crippen molar-refractivity contribution in [2.45, 2.75) is 38.1 Å². The van der Waals surface area contributed by atoms with E-state index in [4.69, 9.17) is 0 Å². The molecule has 1 aromatic rings. The molecule has 0 radical (unpaired) electrons. The third-order valence-electron chi connectivity index (χ3n) is 4.53. The second-order valence-corrected chi connectivity index (χ2v) is 6.15. The van der Waals surface area contributed by atoms with E-state index in [9.17, 15) is 9.18 Å². The number of anilines is 1. The van der Waals surface area contributed by atoms with Crippen LogP contribution in [0.15, 0.2) is 18.3 Å². The first-order valence-corrected chi connectivity index (χ1v) is 8.14. The summed E-state index contributed by atoms with van der Waals surface area (Å²) in [5, 5.41) is 2.83. The molecule has 3 rings (SSSR count). The molecule has 2 aliphatic rings. The molecule has 2 fully saturated rings. The first kappa shape index (κ1) is 15.2. The molecule has 22 heavy (non-hydrogen) atoms. The summed E-state index contributed by atoms with van der Waals surface area (Å²) in [4.78, 5) is 20.5. The molecule has 0 aliphatic carbocycles. The number of carbonyl (C=O) groups excluding carboxylic acids is 1. The Labute approximate surface area is 130 Å². The fourth-order valence-corrected chi connectivity index (χ4v) is 3.37. The first-order chi connectivity index (χ1) is 10.7. The fourth-order valence-electron chi connectivity index (χ4n) is 3.37. The predicted octanol–water partition coefficient (Wildman–Crippen LogP) is 2.70. The van der Waals surface area contributed by atoms with Gasteiger partial charge in [-0.2, -0.15) is 4.39 Å². The highest BCUT2D eigenvalue weighted by molar-refractivity contribution is 5.89. The number of piperidine rings is 1. The molecule has 2 amide bonds. The monoisotopic (exact) mass is 306 g/mol. The maximum atomic E-state index is 12.8. The van der Waals surface area contributed by atoms with Crippen LogP contribution in [0.25, 0.3) is 0 Å². The zero-order valence-electron chi connectivity index (χ0n) is 12.8. The van der Waals surface area contributed by atoms with E-state index in [1.54, 1.807) is 6.07 Å². The van der Waals surface area contributed by atoms with Gasteiger partial charge in [-0.15, -0.1) is 0 Å². The third-order valence-corrected chi connectivity index (χ3v) is 4.53. The van der Waals surface area contributed by atoms with Crippen LogP contribution in [0.1, 0.15) is 32.1 Å². The van der Waals surface area contributed by atoms with Crippen molar-refractivity contribution in [3.8, 4) is 0 Å². The molecule has 0 aromatic carbocycles. The van der Waals surface area contributed by atoms with Crippen molar-refractivity contribution in [2.24, 2.45) is 0 Å². The summed E-state index contributed by atoms with van der Waals surface area (Å²) >= 11 is 0. The number of amides is 2. The summed E-state index contributed by atoms with van der Waals surface area (Å²) in [7, 11) is 0. The number of hydrogen-bond donors (Lipinski definition) is 1. The Morgan fingerprint density at radius 3 is 2.73 bits per heavy atom. The number of likely N-dealkylation sites (tertiary alicyclic amines) is 2. The van der Waals surface area contributed by atoms with Gasteiger partial charge in [0.2, 0.25) is 5.95 Å². The molecule has 2 saturated heterocycles. The van der Waals surface area contributed by atoms with Crippen LogP contribution in [0.5, 0.6) is 0 Å². The largest absolute Gasteiger partial charge is 0.322 e. The quantitative estimate of drug-likeness (QED) is 0.874. The van der Waals surface area contributed by atoms with Crippen molar-refractivity contribution in [2.75, 3.05) is 31.5 Å². The van der Waals surface area contributed by atoms with Crippen molar-refractivity contribution in [1.82, 2.24) is 14.8 Å². The van der Waals surface area contributed by atoms with Gasteiger partial charge in [0.25, 0.3) is 0 Å². The van der Waals surface area contributed by atoms with Crippen molar-refractivity contribution in [1.29, 1.82) is 0 Å². The number of pyridine rings is 1. The highest BCUT2D eigenvalue weighted by atomic mass is 19.1. The zero-order chi connectivity index (χ0) is 15.4. The SMILES string of the molecule is O=C(Nc1ccc(F)nc1)N1CCCCC1CN1CCCC1. The van der Waals surface area contributed by atoms with Gasteiger partial charge in [0, 0.05) is 19.1 Å². The van der Waals surface area contributed by atoms with E-state index in [-0.39, 0.29) is 12.1 Å². The van der Waals surface area contributed by atoms with Crippen LogP contribution < -0.4 is 5.32 Å². The molecular formula is C16H23FN4O. The molecule has 120 valence electrons. The summed E-state index contributed by atoms with van der Waals surface area (Å²) in [6, 6.07) is 2.98. The molecule has 1 atom stereocenters. The maximum absolute atomic E-state index is 12.8. The Hall–Kier alpha value is -1.69. The number of halogens is 1. The zero-order valence-corrected chi connectivity index (χ0v) is 12.8. The number of hydrogen-bond acceptors (Lipinski definition) is 3. The van der Waals surface area contributed by atoms with Crippen molar-refractivity contribution in [3.05, 3.63) is 24.3 Å². The topological polar surface area (TPSA) is 48.5 Å². The molecule has 1 unspecified atom stereocenters. The molecule has 0 bridgehead atoms. The van der Waals surface area contributed by atoms with Gasteiger partial charge in [-0.25, -0.2) is 9.78 Å². The van der Waals surface area contributed by atoms with Gasteiger partial charge in [-0.1, -0.05) is 0 Å². The minimum Gasteiger partial charge on any atom is -0.320 e. The average molecular weight is 306 g/mol. The van der Waals surface area contributed by atoms with Crippen LogP contribution in [0.2, 0.25) is 0 Å². The molecule has 6 heteroatoms. The van der Waals surface area contributed by atoms with Crippen molar-refractivity contribution < 1.29 is 9.18 Å². The minimum absolute atomic E-state index is 0.0997. The van der Waals surface area contributed by atoms with Crippen LogP contribution in [-0.2, 0) is 0 Å². The molecule has 1 aromatic heterocycles. The van der Waals surface area contributed by atoms with Crippen LogP contribution in [0, 0.1) is 5.95 Å². The number of aromatic nitrogens is 1. The molecular weight excluding hydrogens is 283 g/mol. The van der Waals surface area contributed by atoms with Gasteiger partial charge in [0.05, 0.1) is 11.9 Å². The Morgan fingerprint density at radius 2 is 2.00 bits per heavy atom. The van der Waals surface area contributed by atoms with Crippen LogP contribution in [0.3, 0.4) is 0 Å². The molecule has 5 nitrogen and oxygen atoms in total. The van der Waals surface area contributed by atoms with Crippen LogP contribution >= 0.6 is 0 Å². The van der Waals surface area contributed by atoms with E-state index in [0.717, 1.165) is 39.0 Å². The van der Waals surface area contributed by atoms with E-state index < -0.39 is 5.95 Å². The molecule has 2 aliphatic heterocycles. The Balaban J connectivity index is 1.61. The first-order valence-electron chi connectivity index (χ1n) is 8.14. The lowest BCUT2D eigenvalue weighted by Crippen LogP contribution is -2.50. The van der Waals surface area contributed by atoms with Gasteiger partial charge >= 0.3 is 6.03 Å². The van der Waals surface area contributed by atoms with E-state index in [0.29, 0.717) is 5.69 Å². The van der Waals surface area contributed by atoms with E-state index in [1.165, 1.54) is 31.5 Å². The van der Waals surface area contributed by atoms with Crippen LogP contribution in [-0.4, -0.2) is 53.0 Å². The predicted molar refractivity (Wildman–Crippen MR) is 83.2 cm³/mol. The molecule has 3 heterocycles. The Morgan fingerprint density at radius 1 is 1.23 bits per heavy atom. The van der Waals surface area contributed by atoms with Crippen LogP contribution in [0.4, 0.5) is 14.9 Å². The van der Waals surface area contributed by atoms with Gasteiger partial charge in [-0.05, 0) is 57.3 Å². The molecule has 0 spiro atoms. The second-order valence-electron chi connectivity index (χ2n) is 6.15. The third kappa shape index (κ3) is 3.74. The van der Waals surface area contributed by atoms with Gasteiger partial charge in [0.15, 0.2) is 0 Å². The lowest BCUT2D eigenvalue weighted by Gasteiger charge is -2.37. The number of carbonyl (C=O) groups is 1. The normalized spacial score (nSPS) is 22.8. The Bertz CT molecular complexity index is 501. The average Bonchev–Trinajstić information content (AvgIpc) is 3.03. The van der Waals surface area contributed by atoms with Crippen molar-refractivity contribution in [3.63, 3.8) is 0 Å². The highest BCUT2D eigenvalue weighted by Gasteiger charge is 2.29. The summed E-state index contributed by atoms with van der Waals surface area (Å²) in [6.07, 6.45) is 7.17. The summed E-state index contributed by atoms with van der Waals surface area (Å²) in [5.74, 6) is -0.539. The maximum Gasteiger partial charge on any atom is 0.322 e. The lowest BCUT2D eigenvalue weighted by molar-refractivity contribution is 0.136. The van der Waals surface area contributed by atoms with Gasteiger partial charge < -0.3 is 15.1 Å². The van der Waals surface area contributed by atoms with E-state index >= 15 is 0 Å². The summed E-state index contributed by atoms with van der Waals surface area (Å²) in [5.41, 5.74) is 0.539. The minimum atomic E-state index is -0.539. The number of nitrogens with one attached hydrogen (secondary N) is 1. The van der Waals surface area contributed by atoms with Crippen molar-refractivity contribution >= 4 is 11.7 Å². The van der Waals surface area contributed by atoms with E-state index in [2.05, 4.69) is 15.2 Å². The number of nitrogens with zero attached hydrogens (tertiary/aromatic N) is 3. The standard InChI is InChI=1S/C16H23FN4O/c17-15-7-6-13(11-18-15)19-16(22)21-10-2-1-5-14(21)12-20-8-3-4-9-20/h6-7,11,14H,1-5,8-10,12H2,(H,19,22). The van der Waals surface area contributed by atoms with Gasteiger partial charge in [-0.3, -0.25) is 0 Å². The summed E-state index contributed by atoms with van der Waals surface area (Å²) < 4.78 is 12.8. The number of rotatable bonds is 3.